The summed E-state index contributed by atoms with van der Waals surface area (Å²) in [4.78, 5) is 15.7. The van der Waals surface area contributed by atoms with Crippen LogP contribution in [0.5, 0.6) is 0 Å². The van der Waals surface area contributed by atoms with Gasteiger partial charge in [-0.2, -0.15) is 0 Å². The summed E-state index contributed by atoms with van der Waals surface area (Å²) in [5.41, 5.74) is 12.8. The molecule has 0 aliphatic carbocycles. The van der Waals surface area contributed by atoms with Crippen LogP contribution < -0.4 is 10.4 Å². The maximum atomic E-state index is 5.33. The van der Waals surface area contributed by atoms with Crippen molar-refractivity contribution in [3.63, 3.8) is 0 Å². The largest absolute Gasteiger partial charge is 0.309 e. The Balaban J connectivity index is 1.10. The Morgan fingerprint density at radius 2 is 0.964 bits per heavy atom. The highest BCUT2D eigenvalue weighted by atomic mass is 28.3. The molecule has 266 valence electrons. The maximum Gasteiger partial charge on any atom is 0.164 e. The molecule has 0 radical (unpaired) electrons. The van der Waals surface area contributed by atoms with Gasteiger partial charge < -0.3 is 9.13 Å². The Hall–Kier alpha value is -6.63. The van der Waals surface area contributed by atoms with E-state index in [4.69, 9.17) is 15.0 Å². The minimum absolute atomic E-state index is 0.190. The molecular weight excluding hydrogens is 699 g/mol. The monoisotopic (exact) mass is 735 g/mol. The van der Waals surface area contributed by atoms with Gasteiger partial charge in [0.2, 0.25) is 0 Å². The van der Waals surface area contributed by atoms with E-state index in [1.54, 1.807) is 0 Å². The summed E-state index contributed by atoms with van der Waals surface area (Å²) < 4.78 is 4.95. The smallest absolute Gasteiger partial charge is 0.164 e. The van der Waals surface area contributed by atoms with Crippen LogP contribution in [0.4, 0.5) is 0 Å². The summed E-state index contributed by atoms with van der Waals surface area (Å²) in [6, 6.07) is 55.2. The molecule has 0 atom stereocenters. The van der Waals surface area contributed by atoms with Crippen molar-refractivity contribution in [2.45, 2.75) is 32.4 Å². The summed E-state index contributed by atoms with van der Waals surface area (Å²) in [6.07, 6.45) is 0. The molecule has 0 saturated carbocycles. The number of para-hydroxylation sites is 4. The van der Waals surface area contributed by atoms with E-state index >= 15 is 0 Å². The van der Waals surface area contributed by atoms with E-state index in [9.17, 15) is 0 Å². The topological polar surface area (TPSA) is 48.5 Å². The fourth-order valence-electron chi connectivity index (χ4n) is 9.96. The van der Waals surface area contributed by atoms with Crippen LogP contribution in [0.15, 0.2) is 152 Å². The van der Waals surface area contributed by atoms with Crippen molar-refractivity contribution in [3.05, 3.63) is 163 Å². The first-order chi connectivity index (χ1) is 27.3. The first-order valence-corrected chi connectivity index (χ1v) is 22.5. The molecule has 3 aromatic heterocycles. The average molecular weight is 736 g/mol. The molecule has 6 heteroatoms. The number of fused-ring (bicyclic) bond motifs is 10. The molecule has 5 nitrogen and oxygen atoms in total. The van der Waals surface area contributed by atoms with Gasteiger partial charge in [-0.3, -0.25) is 0 Å². The van der Waals surface area contributed by atoms with Crippen LogP contribution in [0.25, 0.3) is 89.2 Å². The number of aromatic nitrogens is 5. The summed E-state index contributed by atoms with van der Waals surface area (Å²) in [7, 11) is -2.04. The minimum atomic E-state index is -2.04. The molecule has 2 aliphatic heterocycles. The molecule has 10 aromatic rings. The van der Waals surface area contributed by atoms with Crippen LogP contribution in [0.2, 0.25) is 13.1 Å². The summed E-state index contributed by atoms with van der Waals surface area (Å²) >= 11 is 0. The lowest BCUT2D eigenvalue weighted by Gasteiger charge is -2.35. The van der Waals surface area contributed by atoms with Crippen molar-refractivity contribution in [1.29, 1.82) is 0 Å². The minimum Gasteiger partial charge on any atom is -0.309 e. The number of hydrogen-bond donors (Lipinski definition) is 0. The highest BCUT2D eigenvalue weighted by Gasteiger charge is 2.38. The van der Waals surface area contributed by atoms with Crippen LogP contribution in [0, 0.1) is 0 Å². The molecule has 0 fully saturated rings. The van der Waals surface area contributed by atoms with Gasteiger partial charge >= 0.3 is 0 Å². The second-order valence-corrected chi connectivity index (χ2v) is 20.8. The number of hydrogen-bond acceptors (Lipinski definition) is 3. The van der Waals surface area contributed by atoms with E-state index in [0.29, 0.717) is 17.5 Å². The Morgan fingerprint density at radius 3 is 1.66 bits per heavy atom. The lowest BCUT2D eigenvalue weighted by molar-refractivity contribution is 0.630. The van der Waals surface area contributed by atoms with Crippen LogP contribution >= 0.6 is 0 Å². The van der Waals surface area contributed by atoms with Gasteiger partial charge in [-0.15, -0.1) is 0 Å². The molecule has 0 amide bonds. The van der Waals surface area contributed by atoms with Crippen LogP contribution in [0.1, 0.15) is 25.0 Å². The highest BCUT2D eigenvalue weighted by molar-refractivity contribution is 7.02. The maximum absolute atomic E-state index is 5.33. The molecule has 12 rings (SSSR count). The average Bonchev–Trinajstić information content (AvgIpc) is 3.76. The van der Waals surface area contributed by atoms with Gasteiger partial charge in [-0.05, 0) is 45.8 Å². The van der Waals surface area contributed by atoms with Gasteiger partial charge in [0, 0.05) is 49.3 Å². The normalized spacial score (nSPS) is 14.7. The summed E-state index contributed by atoms with van der Waals surface area (Å²) in [6.45, 7) is 9.65. The van der Waals surface area contributed by atoms with E-state index in [-0.39, 0.29) is 5.41 Å². The van der Waals surface area contributed by atoms with Crippen LogP contribution in [-0.4, -0.2) is 32.2 Å². The van der Waals surface area contributed by atoms with E-state index in [1.807, 2.05) is 18.2 Å². The third-order valence-electron chi connectivity index (χ3n) is 12.7. The molecular formula is C50H37N5Si. The van der Waals surface area contributed by atoms with Gasteiger partial charge in [0.05, 0.1) is 27.8 Å². The molecule has 5 heterocycles. The standard InChI is InChI=1S/C50H37N5Si/c1-50(2)37-26-24-31(28-41(37)54-39-21-10-8-16-33(39)35-18-12-20-38(50)45(35)54)48-51-47(30-14-6-5-7-15-30)52-49(53-48)32-25-27-43-42(29-32)55-40-22-11-9-17-34(40)36-19-13-23-44(46(36)55)56(43,3)4/h5-29H,1-4H3. The zero-order valence-corrected chi connectivity index (χ0v) is 32.7. The SMILES string of the molecule is CC1(C)c2ccc(-c3nc(-c4ccccc4)nc(-c4ccc5c(c4)-n4c6ccccc6c6cccc(c64)[Si]5(C)C)n3)cc2-n2c3ccccc3c3cccc1c32. The second-order valence-electron chi connectivity index (χ2n) is 16.5. The van der Waals surface area contributed by atoms with Crippen molar-refractivity contribution in [2.24, 2.45) is 0 Å². The Labute approximate surface area is 325 Å². The fraction of sp³-hybridized carbons (Fsp3) is 0.100. The number of nitrogens with zero attached hydrogens (tertiary/aromatic N) is 5. The second kappa shape index (κ2) is 11.0. The van der Waals surface area contributed by atoms with Gasteiger partial charge in [-0.25, -0.2) is 15.0 Å². The fourth-order valence-corrected chi connectivity index (χ4v) is 12.9. The van der Waals surface area contributed by atoms with Crippen molar-refractivity contribution < 1.29 is 0 Å². The van der Waals surface area contributed by atoms with Crippen LogP contribution in [-0.2, 0) is 5.41 Å². The van der Waals surface area contributed by atoms with Crippen molar-refractivity contribution in [2.75, 3.05) is 0 Å². The predicted octanol–water partition coefficient (Wildman–Crippen LogP) is 10.8. The number of benzene rings is 7. The molecule has 0 unspecified atom stereocenters. The quantitative estimate of drug-likeness (QED) is 0.170. The lowest BCUT2D eigenvalue weighted by atomic mass is 9.74. The van der Waals surface area contributed by atoms with Crippen LogP contribution in [0.3, 0.4) is 0 Å². The molecule has 7 aromatic carbocycles. The molecule has 0 spiro atoms. The van der Waals surface area contributed by atoms with Gasteiger partial charge in [0.15, 0.2) is 17.5 Å². The Bertz CT molecular complexity index is 3110. The zero-order valence-electron chi connectivity index (χ0n) is 31.7. The summed E-state index contributed by atoms with van der Waals surface area (Å²) in [5, 5.41) is 8.04. The molecule has 0 saturated heterocycles. The number of rotatable bonds is 3. The van der Waals surface area contributed by atoms with Gasteiger partial charge in [0.25, 0.3) is 0 Å². The first kappa shape index (κ1) is 31.7. The first-order valence-electron chi connectivity index (χ1n) is 19.5. The molecule has 0 bridgehead atoms. The molecule has 56 heavy (non-hydrogen) atoms. The third kappa shape index (κ3) is 4.11. The molecule has 0 N–H and O–H groups in total. The van der Waals surface area contributed by atoms with Gasteiger partial charge in [-0.1, -0.05) is 154 Å². The van der Waals surface area contributed by atoms with E-state index in [1.165, 1.54) is 76.5 Å². The predicted molar refractivity (Wildman–Crippen MR) is 234 cm³/mol. The highest BCUT2D eigenvalue weighted by Crippen LogP contribution is 2.48. The lowest BCUT2D eigenvalue weighted by Crippen LogP contribution is -2.57. The Kier molecular flexibility index (Phi) is 6.22. The third-order valence-corrected chi connectivity index (χ3v) is 16.3. The zero-order chi connectivity index (χ0) is 37.5. The van der Waals surface area contributed by atoms with E-state index < -0.39 is 8.07 Å². The van der Waals surface area contributed by atoms with Gasteiger partial charge in [0.1, 0.15) is 8.07 Å². The van der Waals surface area contributed by atoms with Crippen molar-refractivity contribution in [1.82, 2.24) is 24.1 Å². The van der Waals surface area contributed by atoms with E-state index in [0.717, 1.165) is 16.7 Å². The Morgan fingerprint density at radius 1 is 0.429 bits per heavy atom. The van der Waals surface area contributed by atoms with Crippen molar-refractivity contribution >= 4 is 62.1 Å². The van der Waals surface area contributed by atoms with E-state index in [2.05, 4.69) is 170 Å². The molecule has 2 aliphatic rings. The van der Waals surface area contributed by atoms with Crippen molar-refractivity contribution in [3.8, 4) is 45.5 Å². The summed E-state index contributed by atoms with van der Waals surface area (Å²) in [5.74, 6) is 1.99.